The maximum atomic E-state index is 10.9. The second kappa shape index (κ2) is 8.36. The molecule has 0 atom stereocenters. The number of hydrogen-bond donors (Lipinski definition) is 3. The summed E-state index contributed by atoms with van der Waals surface area (Å²) in [4.78, 5) is 15.3. The number of amides is 1. The number of hydrogen-bond acceptors (Lipinski definition) is 4. The molecule has 0 saturated heterocycles. The van der Waals surface area contributed by atoms with Gasteiger partial charge in [-0.15, -0.1) is 0 Å². The minimum absolute atomic E-state index is 0.694. The number of aliphatic imine (C=N–C) groups is 1. The molecule has 0 aliphatic heterocycles. The van der Waals surface area contributed by atoms with Crippen molar-refractivity contribution < 1.29 is 4.79 Å². The molecule has 1 aromatic carbocycles. The van der Waals surface area contributed by atoms with Gasteiger partial charge in [-0.2, -0.15) is 0 Å². The Bertz CT molecular complexity index is 619. The molecular formula is C18H26N4O. The molecule has 0 unspecified atom stereocenters. The van der Waals surface area contributed by atoms with Crippen LogP contribution in [0.4, 0.5) is 11.4 Å². The molecule has 124 valence electrons. The second-order valence-corrected chi connectivity index (χ2v) is 5.69. The summed E-state index contributed by atoms with van der Waals surface area (Å²) >= 11 is 0. The molecule has 0 aromatic heterocycles. The lowest BCUT2D eigenvalue weighted by atomic mass is 9.89. The molecule has 2 rings (SSSR count). The Labute approximate surface area is 138 Å². The summed E-state index contributed by atoms with van der Waals surface area (Å²) in [6.07, 6.45) is 5.93. The molecule has 0 spiro atoms. The summed E-state index contributed by atoms with van der Waals surface area (Å²) in [5.41, 5.74) is 12.1. The molecule has 0 bridgehead atoms. The summed E-state index contributed by atoms with van der Waals surface area (Å²) in [5.74, 6) is 0. The number of nitrogens with zero attached hydrogens (tertiary/aromatic N) is 1. The number of nitrogens with one attached hydrogen (secondary N) is 2. The van der Waals surface area contributed by atoms with Crippen molar-refractivity contribution in [1.82, 2.24) is 0 Å². The topological polar surface area (TPSA) is 79.5 Å². The third-order valence-electron chi connectivity index (χ3n) is 4.15. The molecule has 1 aliphatic rings. The number of nitrogens with two attached hydrogens (primary N) is 1. The minimum Gasteiger partial charge on any atom is -0.398 e. The van der Waals surface area contributed by atoms with E-state index in [1.807, 2.05) is 25.2 Å². The van der Waals surface area contributed by atoms with Gasteiger partial charge in [0.2, 0.25) is 6.41 Å². The van der Waals surface area contributed by atoms with Crippen LogP contribution in [0, 0.1) is 0 Å². The standard InChI is InChI=1S/C18H26N4O/c1-3-11-21-18-14(8-6-10-16(18)22-12-23)17(19)13-7-4-5-9-15(13)20-2/h6,8,10,12,21H,3-5,7,9,11,19H2,1-2H3,(H,22,23). The Kier molecular flexibility index (Phi) is 6.20. The van der Waals surface area contributed by atoms with Gasteiger partial charge < -0.3 is 16.4 Å². The average molecular weight is 314 g/mol. The van der Waals surface area contributed by atoms with Crippen molar-refractivity contribution in [2.75, 3.05) is 24.2 Å². The fraction of sp³-hybridized carbons (Fsp3) is 0.444. The van der Waals surface area contributed by atoms with Gasteiger partial charge in [0.25, 0.3) is 0 Å². The molecule has 1 fully saturated rings. The highest BCUT2D eigenvalue weighted by molar-refractivity contribution is 6.07. The van der Waals surface area contributed by atoms with E-state index in [1.165, 1.54) is 0 Å². The molecule has 4 N–H and O–H groups in total. The maximum absolute atomic E-state index is 10.9. The minimum atomic E-state index is 0.694. The van der Waals surface area contributed by atoms with Crippen LogP contribution in [0.2, 0.25) is 0 Å². The van der Waals surface area contributed by atoms with Gasteiger partial charge in [0.1, 0.15) is 0 Å². The zero-order valence-electron chi connectivity index (χ0n) is 14.0. The average Bonchev–Trinajstić information content (AvgIpc) is 2.60. The highest BCUT2D eigenvalue weighted by Gasteiger charge is 2.19. The van der Waals surface area contributed by atoms with Gasteiger partial charge in [-0.1, -0.05) is 19.1 Å². The first-order chi connectivity index (χ1) is 11.2. The highest BCUT2D eigenvalue weighted by Crippen LogP contribution is 2.33. The van der Waals surface area contributed by atoms with Gasteiger partial charge in [0.15, 0.2) is 0 Å². The first kappa shape index (κ1) is 17.1. The third-order valence-corrected chi connectivity index (χ3v) is 4.15. The van der Waals surface area contributed by atoms with Gasteiger partial charge in [-0.3, -0.25) is 9.79 Å². The van der Waals surface area contributed by atoms with E-state index in [4.69, 9.17) is 5.73 Å². The molecule has 23 heavy (non-hydrogen) atoms. The lowest BCUT2D eigenvalue weighted by molar-refractivity contribution is -0.105. The summed E-state index contributed by atoms with van der Waals surface area (Å²) in [6.45, 7) is 2.93. The van der Waals surface area contributed by atoms with Crippen LogP contribution in [-0.2, 0) is 4.79 Å². The van der Waals surface area contributed by atoms with E-state index in [0.717, 1.165) is 72.6 Å². The normalized spacial score (nSPS) is 18.6. The molecule has 1 saturated carbocycles. The maximum Gasteiger partial charge on any atom is 0.211 e. The van der Waals surface area contributed by atoms with E-state index < -0.39 is 0 Å². The van der Waals surface area contributed by atoms with E-state index in [2.05, 4.69) is 22.5 Å². The monoisotopic (exact) mass is 314 g/mol. The molecular weight excluding hydrogens is 288 g/mol. The first-order valence-electron chi connectivity index (χ1n) is 8.25. The molecule has 1 aliphatic carbocycles. The summed E-state index contributed by atoms with van der Waals surface area (Å²) in [6, 6.07) is 5.79. The number of carbonyl (C=O) groups is 1. The van der Waals surface area contributed by atoms with Crippen molar-refractivity contribution in [2.45, 2.75) is 39.0 Å². The van der Waals surface area contributed by atoms with Crippen LogP contribution in [0.5, 0.6) is 0 Å². The van der Waals surface area contributed by atoms with Gasteiger partial charge in [0.05, 0.1) is 11.4 Å². The van der Waals surface area contributed by atoms with E-state index in [0.29, 0.717) is 6.41 Å². The van der Waals surface area contributed by atoms with Gasteiger partial charge >= 0.3 is 0 Å². The molecule has 5 nitrogen and oxygen atoms in total. The van der Waals surface area contributed by atoms with E-state index in [1.54, 1.807) is 0 Å². The largest absolute Gasteiger partial charge is 0.398 e. The Hall–Kier alpha value is -2.30. The van der Waals surface area contributed by atoms with Crippen molar-refractivity contribution >= 4 is 29.2 Å². The van der Waals surface area contributed by atoms with Crippen molar-refractivity contribution in [3.8, 4) is 0 Å². The van der Waals surface area contributed by atoms with E-state index in [-0.39, 0.29) is 0 Å². The molecule has 1 amide bonds. The summed E-state index contributed by atoms with van der Waals surface area (Å²) in [5, 5.41) is 6.15. The predicted molar refractivity (Wildman–Crippen MR) is 97.8 cm³/mol. The van der Waals surface area contributed by atoms with Crippen LogP contribution in [-0.4, -0.2) is 25.7 Å². The SMILES string of the molecule is CCCNc1c(NC=O)cccc1C(N)=C1CCCCC1=NC. The van der Waals surface area contributed by atoms with E-state index >= 15 is 0 Å². The Morgan fingerprint density at radius 1 is 1.35 bits per heavy atom. The molecule has 0 radical (unpaired) electrons. The fourth-order valence-electron chi connectivity index (χ4n) is 2.99. The Balaban J connectivity index is 2.51. The third kappa shape index (κ3) is 3.92. The molecule has 1 aromatic rings. The number of rotatable bonds is 6. The van der Waals surface area contributed by atoms with Crippen molar-refractivity contribution in [3.63, 3.8) is 0 Å². The first-order valence-corrected chi connectivity index (χ1v) is 8.25. The summed E-state index contributed by atoms with van der Waals surface area (Å²) in [7, 11) is 1.83. The lowest BCUT2D eigenvalue weighted by Crippen LogP contribution is -2.16. The zero-order chi connectivity index (χ0) is 16.7. The van der Waals surface area contributed by atoms with Crippen LogP contribution in [0.3, 0.4) is 0 Å². The fourth-order valence-corrected chi connectivity index (χ4v) is 2.99. The van der Waals surface area contributed by atoms with Crippen LogP contribution in [0.1, 0.15) is 44.6 Å². The van der Waals surface area contributed by atoms with Crippen molar-refractivity contribution in [1.29, 1.82) is 0 Å². The number of benzene rings is 1. The number of anilines is 2. The van der Waals surface area contributed by atoms with Crippen LogP contribution in [0.15, 0.2) is 28.8 Å². The van der Waals surface area contributed by atoms with Crippen LogP contribution >= 0.6 is 0 Å². The van der Waals surface area contributed by atoms with Crippen molar-refractivity contribution in [3.05, 3.63) is 29.3 Å². The lowest BCUT2D eigenvalue weighted by Gasteiger charge is -2.22. The number of carbonyl (C=O) groups excluding carboxylic acids is 1. The molecule has 0 heterocycles. The Morgan fingerprint density at radius 2 is 2.13 bits per heavy atom. The quantitative estimate of drug-likeness (QED) is 0.704. The van der Waals surface area contributed by atoms with Gasteiger partial charge in [0, 0.05) is 30.6 Å². The van der Waals surface area contributed by atoms with Gasteiger partial charge in [-0.25, -0.2) is 0 Å². The van der Waals surface area contributed by atoms with Crippen molar-refractivity contribution in [2.24, 2.45) is 10.7 Å². The highest BCUT2D eigenvalue weighted by atomic mass is 16.1. The summed E-state index contributed by atoms with van der Waals surface area (Å²) < 4.78 is 0. The molecule has 5 heteroatoms. The zero-order valence-corrected chi connectivity index (χ0v) is 14.0. The Morgan fingerprint density at radius 3 is 2.83 bits per heavy atom. The number of allylic oxidation sites excluding steroid dienone is 1. The number of para-hydroxylation sites is 1. The predicted octanol–water partition coefficient (Wildman–Crippen LogP) is 3.39. The van der Waals surface area contributed by atoms with Gasteiger partial charge in [-0.05, 0) is 43.7 Å². The van der Waals surface area contributed by atoms with E-state index in [9.17, 15) is 4.79 Å². The van der Waals surface area contributed by atoms with Crippen LogP contribution in [0.25, 0.3) is 5.70 Å². The van der Waals surface area contributed by atoms with Crippen LogP contribution < -0.4 is 16.4 Å². The smallest absolute Gasteiger partial charge is 0.211 e. The second-order valence-electron chi connectivity index (χ2n) is 5.69.